The van der Waals surface area contributed by atoms with Crippen LogP contribution in [0.5, 0.6) is 0 Å². The Morgan fingerprint density at radius 1 is 1.21 bits per heavy atom. The van der Waals surface area contributed by atoms with Crippen LogP contribution in [0.3, 0.4) is 0 Å². The van der Waals surface area contributed by atoms with Crippen molar-refractivity contribution in [2.24, 2.45) is 11.8 Å². The number of pyridine rings is 1. The minimum absolute atomic E-state index is 0.0515. The Morgan fingerprint density at radius 3 is 2.61 bits per heavy atom. The summed E-state index contributed by atoms with van der Waals surface area (Å²) in [7, 11) is 1.48. The number of aliphatic hydroxyl groups excluding tert-OH is 1. The molecular formula is C20H20ClN3O4. The van der Waals surface area contributed by atoms with Gasteiger partial charge in [-0.15, -0.1) is 0 Å². The van der Waals surface area contributed by atoms with E-state index in [-0.39, 0.29) is 28.9 Å². The van der Waals surface area contributed by atoms with Crippen LogP contribution in [0.1, 0.15) is 38.2 Å². The zero-order chi connectivity index (χ0) is 19.8. The van der Waals surface area contributed by atoms with Gasteiger partial charge in [0.05, 0.1) is 18.9 Å². The monoisotopic (exact) mass is 401 g/mol. The van der Waals surface area contributed by atoms with Crippen molar-refractivity contribution in [1.82, 2.24) is 15.6 Å². The molecule has 4 atom stereocenters. The van der Waals surface area contributed by atoms with Gasteiger partial charge in [-0.1, -0.05) is 29.8 Å². The molecule has 2 heterocycles. The summed E-state index contributed by atoms with van der Waals surface area (Å²) in [4.78, 5) is 29.1. The number of amides is 2. The number of aliphatic hydroxyl groups is 1. The number of fused-ring (bicyclic) bond motifs is 1. The Hall–Kier alpha value is -2.48. The average molecular weight is 402 g/mol. The third-order valence-electron chi connectivity index (χ3n) is 5.30. The quantitative estimate of drug-likeness (QED) is 0.705. The summed E-state index contributed by atoms with van der Waals surface area (Å²) in [6.07, 6.45) is -1.17. The largest absolute Gasteiger partial charge is 0.382 e. The second kappa shape index (κ2) is 7.50. The van der Waals surface area contributed by atoms with E-state index in [0.29, 0.717) is 35.6 Å². The smallest absolute Gasteiger partial charge is 0.269 e. The Bertz CT molecular complexity index is 925. The standard InChI is InChI=1S/C20H20ClN3O4/c1-22-20(27)16-7-10(19(26)24-17-12-8-28-9-13(12)17)6-15(23-16)18(25)11-4-2-3-5-14(11)21/h2-7,12-13,17-18,25H,8-9H2,1H3,(H,22,27)(H,24,26)/t12-,13+,17+,18-/m0/s1. The van der Waals surface area contributed by atoms with Crippen LogP contribution < -0.4 is 10.6 Å². The number of aromatic nitrogens is 1. The Labute approximate surface area is 167 Å². The number of ether oxygens (including phenoxy) is 1. The molecule has 2 aromatic rings. The third kappa shape index (κ3) is 3.48. The van der Waals surface area contributed by atoms with Crippen LogP contribution in [0, 0.1) is 11.8 Å². The van der Waals surface area contributed by atoms with Crippen LogP contribution >= 0.6 is 11.6 Å². The molecule has 1 aliphatic heterocycles. The summed E-state index contributed by atoms with van der Waals surface area (Å²) in [5, 5.41) is 16.6. The molecule has 0 radical (unpaired) electrons. The van der Waals surface area contributed by atoms with Gasteiger partial charge in [0, 0.05) is 41.1 Å². The fraction of sp³-hybridized carbons (Fsp3) is 0.350. The zero-order valence-corrected chi connectivity index (χ0v) is 15.9. The molecule has 1 aromatic carbocycles. The lowest BCUT2D eigenvalue weighted by molar-refractivity contribution is 0.0928. The van der Waals surface area contributed by atoms with E-state index in [1.807, 2.05) is 0 Å². The lowest BCUT2D eigenvalue weighted by atomic mass is 10.0. The highest BCUT2D eigenvalue weighted by Gasteiger charge is 2.54. The topological polar surface area (TPSA) is 101 Å². The molecule has 0 bridgehead atoms. The highest BCUT2D eigenvalue weighted by Crippen LogP contribution is 2.44. The molecular weight excluding hydrogens is 382 g/mol. The molecule has 2 fully saturated rings. The maximum Gasteiger partial charge on any atom is 0.269 e. The number of nitrogens with zero attached hydrogens (tertiary/aromatic N) is 1. The van der Waals surface area contributed by atoms with Crippen molar-refractivity contribution in [2.45, 2.75) is 12.1 Å². The first-order chi connectivity index (χ1) is 13.5. The van der Waals surface area contributed by atoms with Gasteiger partial charge < -0.3 is 20.5 Å². The Balaban J connectivity index is 1.64. The molecule has 146 valence electrons. The lowest BCUT2D eigenvalue weighted by Gasteiger charge is -2.15. The number of nitrogens with one attached hydrogen (secondary N) is 2. The summed E-state index contributed by atoms with van der Waals surface area (Å²) in [5.74, 6) is -0.0340. The number of hydrogen-bond donors (Lipinski definition) is 3. The molecule has 3 N–H and O–H groups in total. The molecule has 4 rings (SSSR count). The summed E-state index contributed by atoms with van der Waals surface area (Å²) < 4.78 is 5.34. The van der Waals surface area contributed by atoms with Crippen LogP contribution in [-0.4, -0.2) is 48.2 Å². The van der Waals surface area contributed by atoms with E-state index in [4.69, 9.17) is 16.3 Å². The predicted molar refractivity (Wildman–Crippen MR) is 102 cm³/mol. The number of benzene rings is 1. The van der Waals surface area contributed by atoms with Crippen molar-refractivity contribution < 1.29 is 19.4 Å². The second-order valence-electron chi connectivity index (χ2n) is 7.03. The summed E-state index contributed by atoms with van der Waals surface area (Å²) in [6.45, 7) is 1.32. The van der Waals surface area contributed by atoms with Gasteiger partial charge in [0.2, 0.25) is 0 Å². The van der Waals surface area contributed by atoms with Crippen LogP contribution in [0.15, 0.2) is 36.4 Å². The number of carbonyl (C=O) groups excluding carboxylic acids is 2. The Morgan fingerprint density at radius 2 is 1.93 bits per heavy atom. The van der Waals surface area contributed by atoms with Crippen LogP contribution in [0.25, 0.3) is 0 Å². The van der Waals surface area contributed by atoms with Gasteiger partial charge in [-0.3, -0.25) is 9.59 Å². The van der Waals surface area contributed by atoms with E-state index in [1.54, 1.807) is 24.3 Å². The Kier molecular flexibility index (Phi) is 5.05. The average Bonchev–Trinajstić information content (AvgIpc) is 3.13. The van der Waals surface area contributed by atoms with E-state index >= 15 is 0 Å². The maximum atomic E-state index is 12.7. The van der Waals surface area contributed by atoms with Gasteiger partial charge in [0.1, 0.15) is 11.8 Å². The van der Waals surface area contributed by atoms with Crippen molar-refractivity contribution >= 4 is 23.4 Å². The van der Waals surface area contributed by atoms with Gasteiger partial charge in [0.15, 0.2) is 0 Å². The number of halogens is 1. The summed E-state index contributed by atoms with van der Waals surface area (Å²) in [6, 6.07) is 9.83. The number of rotatable bonds is 5. The fourth-order valence-corrected chi connectivity index (χ4v) is 3.85. The molecule has 1 aromatic heterocycles. The summed E-state index contributed by atoms with van der Waals surface area (Å²) in [5.41, 5.74) is 0.945. The molecule has 0 unspecified atom stereocenters. The van der Waals surface area contributed by atoms with E-state index in [0.717, 1.165) is 0 Å². The van der Waals surface area contributed by atoms with E-state index in [1.165, 1.54) is 19.2 Å². The minimum Gasteiger partial charge on any atom is -0.382 e. The molecule has 1 saturated carbocycles. The first-order valence-corrected chi connectivity index (χ1v) is 9.42. The molecule has 1 aliphatic carbocycles. The highest BCUT2D eigenvalue weighted by atomic mass is 35.5. The molecule has 1 saturated heterocycles. The highest BCUT2D eigenvalue weighted by molar-refractivity contribution is 6.31. The fourth-order valence-electron chi connectivity index (χ4n) is 3.61. The van der Waals surface area contributed by atoms with E-state index < -0.39 is 12.0 Å². The molecule has 8 heteroatoms. The van der Waals surface area contributed by atoms with E-state index in [2.05, 4.69) is 15.6 Å². The van der Waals surface area contributed by atoms with Crippen molar-refractivity contribution in [3.05, 3.63) is 63.9 Å². The molecule has 0 spiro atoms. The van der Waals surface area contributed by atoms with Gasteiger partial charge >= 0.3 is 0 Å². The van der Waals surface area contributed by atoms with Crippen molar-refractivity contribution in [2.75, 3.05) is 20.3 Å². The lowest BCUT2D eigenvalue weighted by Crippen LogP contribution is -2.31. The molecule has 7 nitrogen and oxygen atoms in total. The van der Waals surface area contributed by atoms with E-state index in [9.17, 15) is 14.7 Å². The van der Waals surface area contributed by atoms with Crippen molar-refractivity contribution in [1.29, 1.82) is 0 Å². The SMILES string of the molecule is CNC(=O)c1cc(C(=O)N[C@H]2[C@@H]3COC[C@@H]32)cc([C@@H](O)c2ccccc2Cl)n1. The molecule has 2 aliphatic rings. The second-order valence-corrected chi connectivity index (χ2v) is 7.44. The third-order valence-corrected chi connectivity index (χ3v) is 5.64. The van der Waals surface area contributed by atoms with Gasteiger partial charge in [-0.05, 0) is 18.2 Å². The predicted octanol–water partition coefficient (Wildman–Crippen LogP) is 1.55. The van der Waals surface area contributed by atoms with Crippen LogP contribution in [0.2, 0.25) is 5.02 Å². The summed E-state index contributed by atoms with van der Waals surface area (Å²) >= 11 is 6.17. The zero-order valence-electron chi connectivity index (χ0n) is 15.2. The van der Waals surface area contributed by atoms with Crippen molar-refractivity contribution in [3.8, 4) is 0 Å². The molecule has 2 amide bonds. The van der Waals surface area contributed by atoms with Gasteiger partial charge in [-0.25, -0.2) is 4.98 Å². The van der Waals surface area contributed by atoms with Crippen LogP contribution in [-0.2, 0) is 4.74 Å². The normalized spacial score (nSPS) is 23.6. The first-order valence-electron chi connectivity index (χ1n) is 9.04. The minimum atomic E-state index is -1.17. The van der Waals surface area contributed by atoms with Gasteiger partial charge in [-0.2, -0.15) is 0 Å². The van der Waals surface area contributed by atoms with Gasteiger partial charge in [0.25, 0.3) is 11.8 Å². The maximum absolute atomic E-state index is 12.7. The number of hydrogen-bond acceptors (Lipinski definition) is 5. The molecule has 28 heavy (non-hydrogen) atoms. The first kappa shape index (κ1) is 18.9. The van der Waals surface area contributed by atoms with Crippen LogP contribution in [0.4, 0.5) is 0 Å². The van der Waals surface area contributed by atoms with Crippen molar-refractivity contribution in [3.63, 3.8) is 0 Å². The number of carbonyl (C=O) groups is 2.